The first kappa shape index (κ1) is 24.8. The Balaban J connectivity index is 0. The molecule has 0 aromatic rings. The Labute approximate surface area is 157 Å². The number of hydrogen-bond acceptors (Lipinski definition) is 3. The molecule has 0 bridgehead atoms. The topological polar surface area (TPSA) is 66.5 Å². The van der Waals surface area contributed by atoms with E-state index in [1.807, 2.05) is 6.08 Å². The van der Waals surface area contributed by atoms with Gasteiger partial charge in [0.1, 0.15) is 0 Å². The summed E-state index contributed by atoms with van der Waals surface area (Å²) in [6.45, 7) is 2.08. The summed E-state index contributed by atoms with van der Waals surface area (Å²) in [5.41, 5.74) is 5.51. The van der Waals surface area contributed by atoms with Crippen molar-refractivity contribution < 1.29 is 10.2 Å². The van der Waals surface area contributed by atoms with E-state index in [4.69, 9.17) is 10.8 Å². The van der Waals surface area contributed by atoms with Gasteiger partial charge in [-0.2, -0.15) is 0 Å². The van der Waals surface area contributed by atoms with Crippen molar-refractivity contribution in [3.8, 4) is 0 Å². The number of unbranched alkanes of at least 4 members (excludes halogenated alkanes) is 11. The van der Waals surface area contributed by atoms with E-state index in [1.165, 1.54) is 70.6 Å². The number of aliphatic hydroxyl groups is 2. The Kier molecular flexibility index (Phi) is 22.1. The van der Waals surface area contributed by atoms with Crippen molar-refractivity contribution in [2.45, 2.75) is 96.1 Å². The Hall–Kier alpha value is 0.542. The fourth-order valence-electron chi connectivity index (χ4n) is 2.41. The van der Waals surface area contributed by atoms with Crippen LogP contribution in [0.2, 0.25) is 0 Å². The molecule has 4 heteroatoms. The van der Waals surface area contributed by atoms with Gasteiger partial charge in [-0.25, -0.2) is 0 Å². The van der Waals surface area contributed by atoms with Gasteiger partial charge in [0.15, 0.2) is 0 Å². The summed E-state index contributed by atoms with van der Waals surface area (Å²) >= 11 is 0. The van der Waals surface area contributed by atoms with Crippen LogP contribution in [0, 0.1) is 0 Å². The Morgan fingerprint density at radius 3 is 1.77 bits per heavy atom. The molecule has 0 rings (SSSR count). The molecule has 22 heavy (non-hydrogen) atoms. The smallest absolute Gasteiger partial charge is 0.0894 e. The Bertz CT molecular complexity index is 237. The summed E-state index contributed by atoms with van der Waals surface area (Å²) in [6.07, 6.45) is 18.8. The number of hydrogen-bond donors (Lipinski definition) is 3. The van der Waals surface area contributed by atoms with Gasteiger partial charge in [-0.05, 0) is 12.8 Å². The van der Waals surface area contributed by atoms with E-state index >= 15 is 0 Å². The number of aliphatic hydroxyl groups excluding tert-OH is 2. The maximum atomic E-state index is 9.52. The van der Waals surface area contributed by atoms with Gasteiger partial charge in [-0.3, -0.25) is 0 Å². The molecule has 0 saturated carbocycles. The van der Waals surface area contributed by atoms with Crippen molar-refractivity contribution in [1.29, 1.82) is 0 Å². The van der Waals surface area contributed by atoms with Crippen molar-refractivity contribution >= 4 is 27.3 Å². The van der Waals surface area contributed by atoms with Crippen LogP contribution in [0.4, 0.5) is 0 Å². The SMILES string of the molecule is CCCCCCCCCCCCCC=CC(O)C(N)CO.[Pb]. The van der Waals surface area contributed by atoms with Crippen LogP contribution in [0.5, 0.6) is 0 Å². The number of nitrogens with two attached hydrogens (primary N) is 1. The van der Waals surface area contributed by atoms with E-state index in [2.05, 4.69) is 6.92 Å². The molecular formula is C18H37NO2Pb. The maximum Gasteiger partial charge on any atom is 0.0894 e. The molecule has 0 saturated heterocycles. The summed E-state index contributed by atoms with van der Waals surface area (Å²) in [5.74, 6) is 0. The third-order valence-corrected chi connectivity index (χ3v) is 3.96. The van der Waals surface area contributed by atoms with Gasteiger partial charge in [0, 0.05) is 27.3 Å². The zero-order chi connectivity index (χ0) is 15.8. The monoisotopic (exact) mass is 507 g/mol. The molecule has 3 nitrogen and oxygen atoms in total. The quantitative estimate of drug-likeness (QED) is 0.181. The van der Waals surface area contributed by atoms with Crippen LogP contribution in [-0.2, 0) is 0 Å². The van der Waals surface area contributed by atoms with E-state index in [9.17, 15) is 5.11 Å². The molecule has 0 spiro atoms. The predicted octanol–water partition coefficient (Wildman–Crippen LogP) is 3.54. The van der Waals surface area contributed by atoms with Gasteiger partial charge in [0.2, 0.25) is 0 Å². The zero-order valence-electron chi connectivity index (χ0n) is 14.5. The summed E-state index contributed by atoms with van der Waals surface area (Å²) < 4.78 is 0. The molecule has 0 fully saturated rings. The third kappa shape index (κ3) is 16.9. The molecule has 0 aromatic heterocycles. The minimum absolute atomic E-state index is 0. The van der Waals surface area contributed by atoms with E-state index in [0.29, 0.717) is 0 Å². The second-order valence-electron chi connectivity index (χ2n) is 6.09. The van der Waals surface area contributed by atoms with Crippen molar-refractivity contribution in [2.24, 2.45) is 5.73 Å². The van der Waals surface area contributed by atoms with Crippen molar-refractivity contribution in [2.75, 3.05) is 6.61 Å². The van der Waals surface area contributed by atoms with E-state index < -0.39 is 12.1 Å². The van der Waals surface area contributed by atoms with Gasteiger partial charge in [-0.1, -0.05) is 83.3 Å². The van der Waals surface area contributed by atoms with Gasteiger partial charge < -0.3 is 15.9 Å². The van der Waals surface area contributed by atoms with E-state index in [0.717, 1.165) is 6.42 Å². The van der Waals surface area contributed by atoms with Gasteiger partial charge in [0.05, 0.1) is 18.8 Å². The largest absolute Gasteiger partial charge is 0.395 e. The second-order valence-corrected chi connectivity index (χ2v) is 6.09. The molecule has 2 atom stereocenters. The van der Waals surface area contributed by atoms with Crippen LogP contribution in [0.25, 0.3) is 0 Å². The minimum Gasteiger partial charge on any atom is -0.395 e. The van der Waals surface area contributed by atoms with Gasteiger partial charge in [0.25, 0.3) is 0 Å². The second kappa shape index (κ2) is 19.6. The molecule has 0 aliphatic carbocycles. The first-order valence-electron chi connectivity index (χ1n) is 8.93. The molecule has 2 unspecified atom stereocenters. The van der Waals surface area contributed by atoms with Crippen molar-refractivity contribution in [1.82, 2.24) is 0 Å². The van der Waals surface area contributed by atoms with Crippen molar-refractivity contribution in [3.63, 3.8) is 0 Å². The van der Waals surface area contributed by atoms with Crippen LogP contribution >= 0.6 is 0 Å². The number of allylic oxidation sites excluding steroid dienone is 1. The summed E-state index contributed by atoms with van der Waals surface area (Å²) in [7, 11) is 0. The molecular weight excluding hydrogens is 469 g/mol. The van der Waals surface area contributed by atoms with Crippen LogP contribution < -0.4 is 5.73 Å². The molecule has 0 aromatic carbocycles. The van der Waals surface area contributed by atoms with E-state index in [-0.39, 0.29) is 33.9 Å². The average molecular weight is 507 g/mol. The van der Waals surface area contributed by atoms with E-state index in [1.54, 1.807) is 6.08 Å². The third-order valence-electron chi connectivity index (χ3n) is 3.96. The summed E-state index contributed by atoms with van der Waals surface area (Å²) in [5, 5.41) is 18.3. The molecule has 0 aliphatic heterocycles. The van der Waals surface area contributed by atoms with Gasteiger partial charge in [-0.15, -0.1) is 0 Å². The Morgan fingerprint density at radius 2 is 1.32 bits per heavy atom. The first-order chi connectivity index (χ1) is 10.2. The fourth-order valence-corrected chi connectivity index (χ4v) is 2.41. The standard InChI is InChI=1S/C18H37NO2.Pb/c1-2-3-4-5-6-7-8-9-10-11-12-13-14-15-18(21)17(19)16-20;/h14-15,17-18,20-21H,2-13,16,19H2,1H3;. The molecule has 0 heterocycles. The van der Waals surface area contributed by atoms with Crippen LogP contribution in [0.1, 0.15) is 84.0 Å². The number of rotatable bonds is 15. The average Bonchev–Trinajstić information content (AvgIpc) is 2.50. The van der Waals surface area contributed by atoms with Gasteiger partial charge >= 0.3 is 0 Å². The van der Waals surface area contributed by atoms with Crippen LogP contribution in [-0.4, -0.2) is 56.3 Å². The fraction of sp³-hybridized carbons (Fsp3) is 0.889. The van der Waals surface area contributed by atoms with Crippen LogP contribution in [0.15, 0.2) is 12.2 Å². The molecule has 4 radical (unpaired) electrons. The maximum absolute atomic E-state index is 9.52. The summed E-state index contributed by atoms with van der Waals surface area (Å²) in [6, 6.07) is -0.557. The minimum atomic E-state index is -0.720. The predicted molar refractivity (Wildman–Crippen MR) is 97.0 cm³/mol. The molecule has 0 aliphatic rings. The first-order valence-corrected chi connectivity index (χ1v) is 8.93. The molecule has 4 N–H and O–H groups in total. The summed E-state index contributed by atoms with van der Waals surface area (Å²) in [4.78, 5) is 0. The van der Waals surface area contributed by atoms with Crippen molar-refractivity contribution in [3.05, 3.63) is 12.2 Å². The van der Waals surface area contributed by atoms with Crippen LogP contribution in [0.3, 0.4) is 0 Å². The zero-order valence-corrected chi connectivity index (χ0v) is 18.4. The molecule has 0 amide bonds. The normalized spacial score (nSPS) is 14.0. The Morgan fingerprint density at radius 1 is 0.864 bits per heavy atom. The molecule has 130 valence electrons.